The molecule has 1 aliphatic heterocycles. The number of aromatic nitrogens is 2. The van der Waals surface area contributed by atoms with E-state index in [-0.39, 0.29) is 0 Å². The number of nitrogens with one attached hydrogen (secondary N) is 1. The molecule has 1 aliphatic rings. The maximum Gasteiger partial charge on any atom is 0.175 e. The van der Waals surface area contributed by atoms with Gasteiger partial charge in [-0.25, -0.2) is 0 Å². The standard InChI is InChI=1S/C13H20Cl2N4/c1-9(2)19(8-10-3-5-16-6-4-10)11-7-12(14)17-18-13(11)15/h7,9-10,16H,3-6,8H2,1-2H3. The van der Waals surface area contributed by atoms with Crippen molar-refractivity contribution in [1.82, 2.24) is 15.5 Å². The van der Waals surface area contributed by atoms with Crippen molar-refractivity contribution in [3.05, 3.63) is 16.4 Å². The van der Waals surface area contributed by atoms with Crippen molar-refractivity contribution >= 4 is 28.9 Å². The first-order chi connectivity index (χ1) is 9.08. The Morgan fingerprint density at radius 2 is 2.00 bits per heavy atom. The molecule has 0 aromatic carbocycles. The van der Waals surface area contributed by atoms with Crippen LogP contribution < -0.4 is 10.2 Å². The molecule has 0 spiro atoms. The SMILES string of the molecule is CC(C)N(CC1CCNCC1)c1cc(Cl)nnc1Cl. The molecule has 2 heterocycles. The predicted molar refractivity (Wildman–Crippen MR) is 80.1 cm³/mol. The Balaban J connectivity index is 2.16. The number of halogens is 2. The number of piperidine rings is 1. The number of rotatable bonds is 4. The van der Waals surface area contributed by atoms with Crippen LogP contribution in [-0.4, -0.2) is 35.9 Å². The second-order valence-corrected chi connectivity index (χ2v) is 6.03. The summed E-state index contributed by atoms with van der Waals surface area (Å²) in [6.07, 6.45) is 2.40. The maximum absolute atomic E-state index is 6.17. The fourth-order valence-corrected chi connectivity index (χ4v) is 2.82. The van der Waals surface area contributed by atoms with E-state index in [1.165, 1.54) is 12.8 Å². The molecule has 0 saturated carbocycles. The van der Waals surface area contributed by atoms with Gasteiger partial charge >= 0.3 is 0 Å². The quantitative estimate of drug-likeness (QED) is 0.928. The van der Waals surface area contributed by atoms with Gasteiger partial charge in [0.2, 0.25) is 0 Å². The van der Waals surface area contributed by atoms with Gasteiger partial charge in [0.05, 0.1) is 5.69 Å². The van der Waals surface area contributed by atoms with Crippen LogP contribution in [0.15, 0.2) is 6.07 Å². The highest BCUT2D eigenvalue weighted by molar-refractivity contribution is 6.33. The molecule has 0 atom stereocenters. The highest BCUT2D eigenvalue weighted by atomic mass is 35.5. The Morgan fingerprint density at radius 1 is 1.32 bits per heavy atom. The fourth-order valence-electron chi connectivity index (χ4n) is 2.48. The van der Waals surface area contributed by atoms with Crippen molar-refractivity contribution in [2.45, 2.75) is 32.7 Å². The molecule has 1 saturated heterocycles. The Labute approximate surface area is 124 Å². The topological polar surface area (TPSA) is 41.0 Å². The molecule has 0 radical (unpaired) electrons. The van der Waals surface area contributed by atoms with Gasteiger partial charge in [-0.2, -0.15) is 0 Å². The summed E-state index contributed by atoms with van der Waals surface area (Å²) in [5.41, 5.74) is 0.884. The largest absolute Gasteiger partial charge is 0.366 e. The number of hydrogen-bond donors (Lipinski definition) is 1. The van der Waals surface area contributed by atoms with Gasteiger partial charge < -0.3 is 10.2 Å². The molecule has 6 heteroatoms. The molecule has 106 valence electrons. The highest BCUT2D eigenvalue weighted by Gasteiger charge is 2.21. The minimum atomic E-state index is 0.354. The zero-order valence-corrected chi connectivity index (χ0v) is 12.9. The Bertz CT molecular complexity index is 419. The van der Waals surface area contributed by atoms with Crippen LogP contribution in [0, 0.1) is 5.92 Å². The predicted octanol–water partition coefficient (Wildman–Crippen LogP) is 3.00. The van der Waals surface area contributed by atoms with Crippen molar-refractivity contribution in [1.29, 1.82) is 0 Å². The van der Waals surface area contributed by atoms with Crippen LogP contribution in [-0.2, 0) is 0 Å². The molecular weight excluding hydrogens is 283 g/mol. The minimum Gasteiger partial charge on any atom is -0.366 e. The molecule has 19 heavy (non-hydrogen) atoms. The lowest BCUT2D eigenvalue weighted by Crippen LogP contribution is -2.39. The second-order valence-electron chi connectivity index (χ2n) is 5.28. The van der Waals surface area contributed by atoms with Crippen molar-refractivity contribution in [3.63, 3.8) is 0 Å². The molecule has 4 nitrogen and oxygen atoms in total. The fraction of sp³-hybridized carbons (Fsp3) is 0.692. The van der Waals surface area contributed by atoms with E-state index in [9.17, 15) is 0 Å². The smallest absolute Gasteiger partial charge is 0.175 e. The molecular formula is C13H20Cl2N4. The van der Waals surface area contributed by atoms with E-state index >= 15 is 0 Å². The van der Waals surface area contributed by atoms with Gasteiger partial charge in [-0.05, 0) is 45.7 Å². The van der Waals surface area contributed by atoms with E-state index in [4.69, 9.17) is 23.2 Å². The third-order valence-corrected chi connectivity index (χ3v) is 4.00. The summed E-state index contributed by atoms with van der Waals surface area (Å²) in [4.78, 5) is 2.28. The van der Waals surface area contributed by atoms with Crippen molar-refractivity contribution in [3.8, 4) is 0 Å². The molecule has 1 fully saturated rings. The molecule has 0 aliphatic carbocycles. The van der Waals surface area contributed by atoms with Crippen LogP contribution in [0.5, 0.6) is 0 Å². The number of nitrogens with zero attached hydrogens (tertiary/aromatic N) is 3. The third-order valence-electron chi connectivity index (χ3n) is 3.55. The van der Waals surface area contributed by atoms with Gasteiger partial charge in [0, 0.05) is 18.7 Å². The van der Waals surface area contributed by atoms with Gasteiger partial charge in [-0.3, -0.25) is 0 Å². The molecule has 1 N–H and O–H groups in total. The zero-order valence-electron chi connectivity index (χ0n) is 11.4. The van der Waals surface area contributed by atoms with E-state index in [1.54, 1.807) is 6.07 Å². The van der Waals surface area contributed by atoms with Gasteiger partial charge in [-0.15, -0.1) is 10.2 Å². The van der Waals surface area contributed by atoms with E-state index < -0.39 is 0 Å². The van der Waals surface area contributed by atoms with Crippen LogP contribution in [0.1, 0.15) is 26.7 Å². The maximum atomic E-state index is 6.17. The first kappa shape index (κ1) is 14.8. The van der Waals surface area contributed by atoms with Crippen LogP contribution in [0.4, 0.5) is 5.69 Å². The summed E-state index contributed by atoms with van der Waals surface area (Å²) in [5, 5.41) is 11.9. The van der Waals surface area contributed by atoms with E-state index in [2.05, 4.69) is 34.3 Å². The van der Waals surface area contributed by atoms with Crippen LogP contribution >= 0.6 is 23.2 Å². The average molecular weight is 303 g/mol. The Morgan fingerprint density at radius 3 is 2.63 bits per heavy atom. The summed E-state index contributed by atoms with van der Waals surface area (Å²) in [6, 6.07) is 2.16. The molecule has 0 bridgehead atoms. The normalized spacial score (nSPS) is 16.9. The molecule has 0 amide bonds. The Kier molecular flexibility index (Phi) is 5.25. The van der Waals surface area contributed by atoms with Crippen LogP contribution in [0.25, 0.3) is 0 Å². The average Bonchev–Trinajstić information content (AvgIpc) is 2.40. The zero-order chi connectivity index (χ0) is 13.8. The second kappa shape index (κ2) is 6.73. The molecule has 1 aromatic rings. The van der Waals surface area contributed by atoms with E-state index in [0.29, 0.717) is 22.3 Å². The van der Waals surface area contributed by atoms with Crippen molar-refractivity contribution < 1.29 is 0 Å². The van der Waals surface area contributed by atoms with Gasteiger partial charge in [-0.1, -0.05) is 23.2 Å². The minimum absolute atomic E-state index is 0.354. The summed E-state index contributed by atoms with van der Waals surface area (Å²) in [7, 11) is 0. The van der Waals surface area contributed by atoms with E-state index in [1.807, 2.05) is 0 Å². The molecule has 1 aromatic heterocycles. The van der Waals surface area contributed by atoms with Crippen molar-refractivity contribution in [2.75, 3.05) is 24.5 Å². The first-order valence-corrected chi connectivity index (χ1v) is 7.49. The van der Waals surface area contributed by atoms with Gasteiger partial charge in [0.1, 0.15) is 0 Å². The summed E-state index contributed by atoms with van der Waals surface area (Å²) in [6.45, 7) is 7.50. The van der Waals surface area contributed by atoms with Gasteiger partial charge in [0.25, 0.3) is 0 Å². The summed E-state index contributed by atoms with van der Waals surface area (Å²) >= 11 is 12.1. The molecule has 2 rings (SSSR count). The van der Waals surface area contributed by atoms with Gasteiger partial charge in [0.15, 0.2) is 10.3 Å². The van der Waals surface area contributed by atoms with Crippen LogP contribution in [0.3, 0.4) is 0 Å². The third kappa shape index (κ3) is 3.94. The lowest BCUT2D eigenvalue weighted by Gasteiger charge is -2.34. The number of anilines is 1. The summed E-state index contributed by atoms with van der Waals surface area (Å²) < 4.78 is 0. The van der Waals surface area contributed by atoms with Crippen molar-refractivity contribution in [2.24, 2.45) is 5.92 Å². The lowest BCUT2D eigenvalue weighted by atomic mass is 9.97. The lowest BCUT2D eigenvalue weighted by molar-refractivity contribution is 0.367. The van der Waals surface area contributed by atoms with Crippen LogP contribution in [0.2, 0.25) is 10.3 Å². The Hall–Kier alpha value is -0.580. The highest BCUT2D eigenvalue weighted by Crippen LogP contribution is 2.29. The first-order valence-electron chi connectivity index (χ1n) is 6.74. The number of hydrogen-bond acceptors (Lipinski definition) is 4. The molecule has 0 unspecified atom stereocenters. The van der Waals surface area contributed by atoms with E-state index in [0.717, 1.165) is 25.3 Å². The summed E-state index contributed by atoms with van der Waals surface area (Å²) in [5.74, 6) is 0.687. The monoisotopic (exact) mass is 302 g/mol.